The van der Waals surface area contributed by atoms with Crippen molar-refractivity contribution < 1.29 is 14.6 Å². The molecule has 0 fully saturated rings. The molecule has 0 aliphatic heterocycles. The van der Waals surface area contributed by atoms with Crippen LogP contribution in [-0.2, 0) is 17.9 Å². The third-order valence-electron chi connectivity index (χ3n) is 3.53. The molecule has 0 radical (unpaired) electrons. The van der Waals surface area contributed by atoms with E-state index in [9.17, 15) is 5.11 Å². The van der Waals surface area contributed by atoms with Crippen LogP contribution in [0, 0.1) is 0 Å². The van der Waals surface area contributed by atoms with Gasteiger partial charge in [-0.15, -0.1) is 0 Å². The van der Waals surface area contributed by atoms with Crippen molar-refractivity contribution in [2.75, 3.05) is 27.3 Å². The maximum absolute atomic E-state index is 10.1. The minimum absolute atomic E-state index is 0.316. The van der Waals surface area contributed by atoms with Crippen LogP contribution in [0.2, 0.25) is 0 Å². The zero-order valence-corrected chi connectivity index (χ0v) is 13.8. The molecule has 4 heteroatoms. The highest BCUT2D eigenvalue weighted by Gasteiger charge is 2.09. The Morgan fingerprint density at radius 1 is 1.04 bits per heavy atom. The molecule has 0 aliphatic carbocycles. The highest BCUT2D eigenvalue weighted by Crippen LogP contribution is 2.13. The van der Waals surface area contributed by atoms with Gasteiger partial charge in [0.15, 0.2) is 0 Å². The second kappa shape index (κ2) is 9.30. The maximum atomic E-state index is 10.1. The van der Waals surface area contributed by atoms with Gasteiger partial charge in [-0.3, -0.25) is 4.90 Å². The molecule has 0 amide bonds. The summed E-state index contributed by atoms with van der Waals surface area (Å²) in [6, 6.07) is 18.0. The van der Waals surface area contributed by atoms with Crippen molar-refractivity contribution in [3.8, 4) is 5.75 Å². The Bertz CT molecular complexity index is 574. The summed E-state index contributed by atoms with van der Waals surface area (Å²) in [4.78, 5) is 2.09. The fourth-order valence-electron chi connectivity index (χ4n) is 2.45. The minimum atomic E-state index is -0.505. The summed E-state index contributed by atoms with van der Waals surface area (Å²) in [7, 11) is 3.64. The number of ether oxygens (including phenoxy) is 2. The van der Waals surface area contributed by atoms with E-state index in [1.807, 2.05) is 49.5 Å². The molecule has 0 saturated heterocycles. The monoisotopic (exact) mass is 315 g/mol. The predicted octanol–water partition coefficient (Wildman–Crippen LogP) is 2.70. The van der Waals surface area contributed by atoms with Crippen LogP contribution in [0.5, 0.6) is 5.75 Å². The standard InChI is InChI=1S/C19H25NO3/c1-20(12-16-7-4-3-5-8-16)13-18(21)15-23-14-17-9-6-10-19(11-17)22-2/h3-11,18,21H,12-15H2,1-2H3. The molecule has 0 bridgehead atoms. The molecule has 2 aromatic carbocycles. The van der Waals surface area contributed by atoms with Gasteiger partial charge in [-0.1, -0.05) is 42.5 Å². The SMILES string of the molecule is COc1cccc(COCC(O)CN(C)Cc2ccccc2)c1. The molecule has 23 heavy (non-hydrogen) atoms. The van der Waals surface area contributed by atoms with Gasteiger partial charge in [0.2, 0.25) is 0 Å². The fraction of sp³-hybridized carbons (Fsp3) is 0.368. The van der Waals surface area contributed by atoms with Gasteiger partial charge in [0.25, 0.3) is 0 Å². The molecular weight excluding hydrogens is 290 g/mol. The van der Waals surface area contributed by atoms with Crippen LogP contribution in [0.3, 0.4) is 0 Å². The van der Waals surface area contributed by atoms with Crippen LogP contribution in [0.4, 0.5) is 0 Å². The smallest absolute Gasteiger partial charge is 0.119 e. The summed E-state index contributed by atoms with van der Waals surface area (Å²) in [6.45, 7) is 2.17. The largest absolute Gasteiger partial charge is 0.497 e. The van der Waals surface area contributed by atoms with Crippen LogP contribution in [0.15, 0.2) is 54.6 Å². The second-order valence-electron chi connectivity index (χ2n) is 5.70. The normalized spacial score (nSPS) is 12.3. The molecule has 0 saturated carbocycles. The van der Waals surface area contributed by atoms with Crippen LogP contribution in [-0.4, -0.2) is 43.4 Å². The van der Waals surface area contributed by atoms with Crippen molar-refractivity contribution in [2.24, 2.45) is 0 Å². The first-order chi connectivity index (χ1) is 11.2. The topological polar surface area (TPSA) is 41.9 Å². The lowest BCUT2D eigenvalue weighted by atomic mass is 10.2. The van der Waals surface area contributed by atoms with Gasteiger partial charge in [-0.05, 0) is 30.3 Å². The second-order valence-corrected chi connectivity index (χ2v) is 5.70. The van der Waals surface area contributed by atoms with Gasteiger partial charge in [-0.2, -0.15) is 0 Å². The minimum Gasteiger partial charge on any atom is -0.497 e. The number of hydrogen-bond donors (Lipinski definition) is 1. The zero-order valence-electron chi connectivity index (χ0n) is 13.8. The molecule has 4 nitrogen and oxygen atoms in total. The molecule has 0 aromatic heterocycles. The summed E-state index contributed by atoms with van der Waals surface area (Å²) >= 11 is 0. The Kier molecular flexibility index (Phi) is 7.07. The number of nitrogens with zero attached hydrogens (tertiary/aromatic N) is 1. The number of aliphatic hydroxyl groups is 1. The highest BCUT2D eigenvalue weighted by molar-refractivity contribution is 5.27. The van der Waals surface area contributed by atoms with Gasteiger partial charge in [0.05, 0.1) is 26.4 Å². The lowest BCUT2D eigenvalue weighted by Gasteiger charge is -2.20. The quantitative estimate of drug-likeness (QED) is 0.772. The van der Waals surface area contributed by atoms with E-state index in [1.165, 1.54) is 5.56 Å². The maximum Gasteiger partial charge on any atom is 0.119 e. The first-order valence-corrected chi connectivity index (χ1v) is 7.78. The van der Waals surface area contributed by atoms with Crippen LogP contribution in [0.1, 0.15) is 11.1 Å². The number of methoxy groups -OCH3 is 1. The number of hydrogen-bond acceptors (Lipinski definition) is 4. The Labute approximate surface area is 138 Å². The van der Waals surface area contributed by atoms with Gasteiger partial charge >= 0.3 is 0 Å². The van der Waals surface area contributed by atoms with E-state index in [-0.39, 0.29) is 0 Å². The van der Waals surface area contributed by atoms with E-state index in [4.69, 9.17) is 9.47 Å². The Morgan fingerprint density at radius 3 is 2.52 bits per heavy atom. The lowest BCUT2D eigenvalue weighted by molar-refractivity contribution is 0.0127. The Balaban J connectivity index is 1.69. The fourth-order valence-corrected chi connectivity index (χ4v) is 2.45. The molecular formula is C19H25NO3. The summed E-state index contributed by atoms with van der Waals surface area (Å²) in [5.41, 5.74) is 2.27. The van der Waals surface area contributed by atoms with E-state index in [2.05, 4.69) is 17.0 Å². The number of likely N-dealkylation sites (N-methyl/N-ethyl adjacent to an activating group) is 1. The van der Waals surface area contributed by atoms with E-state index < -0.39 is 6.10 Å². The molecule has 1 N–H and O–H groups in total. The lowest BCUT2D eigenvalue weighted by Crippen LogP contribution is -2.31. The molecule has 2 aromatic rings. The van der Waals surface area contributed by atoms with Crippen molar-refractivity contribution in [1.82, 2.24) is 4.90 Å². The summed E-state index contributed by atoms with van der Waals surface area (Å²) in [5.74, 6) is 0.814. The summed E-state index contributed by atoms with van der Waals surface area (Å²) in [6.07, 6.45) is -0.505. The molecule has 124 valence electrons. The number of benzene rings is 2. The third kappa shape index (κ3) is 6.40. The molecule has 0 heterocycles. The molecule has 0 aliphatic rings. The van der Waals surface area contributed by atoms with Gasteiger partial charge < -0.3 is 14.6 Å². The van der Waals surface area contributed by atoms with Gasteiger partial charge in [0.1, 0.15) is 5.75 Å². The van der Waals surface area contributed by atoms with Crippen molar-refractivity contribution in [1.29, 1.82) is 0 Å². The molecule has 2 rings (SSSR count). The third-order valence-corrected chi connectivity index (χ3v) is 3.53. The Morgan fingerprint density at radius 2 is 1.78 bits per heavy atom. The van der Waals surface area contributed by atoms with Crippen LogP contribution < -0.4 is 4.74 Å². The van der Waals surface area contributed by atoms with Gasteiger partial charge in [-0.25, -0.2) is 0 Å². The van der Waals surface area contributed by atoms with Crippen LogP contribution >= 0.6 is 0 Å². The van der Waals surface area contributed by atoms with Crippen molar-refractivity contribution in [3.63, 3.8) is 0 Å². The van der Waals surface area contributed by atoms with Crippen molar-refractivity contribution in [3.05, 3.63) is 65.7 Å². The van der Waals surface area contributed by atoms with E-state index in [1.54, 1.807) is 7.11 Å². The number of aliphatic hydroxyl groups excluding tert-OH is 1. The first kappa shape index (κ1) is 17.5. The van der Waals surface area contributed by atoms with E-state index in [0.29, 0.717) is 19.8 Å². The summed E-state index contributed by atoms with van der Waals surface area (Å²) < 4.78 is 10.8. The Hall–Kier alpha value is -1.88. The highest BCUT2D eigenvalue weighted by atomic mass is 16.5. The molecule has 0 spiro atoms. The zero-order chi connectivity index (χ0) is 16.5. The van der Waals surface area contributed by atoms with Gasteiger partial charge in [0, 0.05) is 13.1 Å². The first-order valence-electron chi connectivity index (χ1n) is 7.78. The van der Waals surface area contributed by atoms with E-state index >= 15 is 0 Å². The average Bonchev–Trinajstić information content (AvgIpc) is 2.56. The van der Waals surface area contributed by atoms with Crippen molar-refractivity contribution >= 4 is 0 Å². The summed E-state index contributed by atoms with van der Waals surface area (Å²) in [5, 5.41) is 10.1. The predicted molar refractivity (Wildman–Crippen MR) is 91.4 cm³/mol. The van der Waals surface area contributed by atoms with E-state index in [0.717, 1.165) is 17.9 Å². The molecule has 1 unspecified atom stereocenters. The molecule has 1 atom stereocenters. The van der Waals surface area contributed by atoms with Crippen molar-refractivity contribution in [2.45, 2.75) is 19.3 Å². The van der Waals surface area contributed by atoms with Crippen LogP contribution in [0.25, 0.3) is 0 Å². The number of rotatable bonds is 9. The average molecular weight is 315 g/mol.